The number of allylic oxidation sites excluding steroid dienone is 2. The maximum absolute atomic E-state index is 6.17. The first-order valence-electron chi connectivity index (χ1n) is 6.98. The molecule has 0 radical (unpaired) electrons. The van der Waals surface area contributed by atoms with Crippen LogP contribution in [0.1, 0.15) is 12.8 Å². The number of nitrogens with one attached hydrogen (secondary N) is 1. The molecule has 1 aliphatic carbocycles. The Hall–Kier alpha value is -1.51. The van der Waals surface area contributed by atoms with Gasteiger partial charge in [-0.25, -0.2) is 0 Å². The zero-order chi connectivity index (χ0) is 13.9. The smallest absolute Gasteiger partial charge is 0.142 e. The van der Waals surface area contributed by atoms with Gasteiger partial charge in [-0.1, -0.05) is 35.9 Å². The Morgan fingerprint density at radius 2 is 2.15 bits per heavy atom. The second-order valence-corrected chi connectivity index (χ2v) is 5.49. The van der Waals surface area contributed by atoms with Crippen LogP contribution in [0.25, 0.3) is 11.3 Å². The van der Waals surface area contributed by atoms with Gasteiger partial charge in [0.05, 0.1) is 0 Å². The van der Waals surface area contributed by atoms with Gasteiger partial charge in [0.2, 0.25) is 0 Å². The van der Waals surface area contributed by atoms with Gasteiger partial charge in [0.1, 0.15) is 11.9 Å². The van der Waals surface area contributed by atoms with E-state index in [1.807, 2.05) is 25.3 Å². The lowest BCUT2D eigenvalue weighted by Crippen LogP contribution is -2.38. The fourth-order valence-electron chi connectivity index (χ4n) is 2.70. The number of hydrogen-bond donors (Lipinski definition) is 1. The predicted octanol–water partition coefficient (Wildman–Crippen LogP) is 2.12. The molecule has 1 aliphatic heterocycles. The van der Waals surface area contributed by atoms with Crippen molar-refractivity contribution in [2.75, 3.05) is 13.6 Å². The minimum absolute atomic E-state index is 0.0401. The molecule has 0 amide bonds. The lowest BCUT2D eigenvalue weighted by atomic mass is 9.97. The van der Waals surface area contributed by atoms with Crippen molar-refractivity contribution in [3.8, 4) is 0 Å². The summed E-state index contributed by atoms with van der Waals surface area (Å²) in [6.07, 6.45) is 10.3. The Balaban J connectivity index is 2.13. The average Bonchev–Trinajstić information content (AvgIpc) is 2.47. The van der Waals surface area contributed by atoms with Gasteiger partial charge in [0.25, 0.3) is 0 Å². The summed E-state index contributed by atoms with van der Waals surface area (Å²) in [5, 5.41) is 6.31. The topological polar surface area (TPSA) is 21.3 Å². The Labute approximate surface area is 124 Å². The number of benzene rings is 1. The van der Waals surface area contributed by atoms with Crippen molar-refractivity contribution < 1.29 is 4.74 Å². The van der Waals surface area contributed by atoms with Crippen LogP contribution in [0.15, 0.2) is 42.5 Å². The minimum atomic E-state index is 0.0401. The largest absolute Gasteiger partial charge is 0.485 e. The van der Waals surface area contributed by atoms with Crippen LogP contribution in [0.3, 0.4) is 0 Å². The molecular weight excluding hydrogens is 270 g/mol. The summed E-state index contributed by atoms with van der Waals surface area (Å²) in [7, 11) is 1.97. The number of fused-ring (bicyclic) bond motifs is 2. The highest BCUT2D eigenvalue weighted by molar-refractivity contribution is 6.30. The summed E-state index contributed by atoms with van der Waals surface area (Å²) < 4.78 is 6.17. The molecule has 0 bridgehead atoms. The maximum Gasteiger partial charge on any atom is 0.142 e. The van der Waals surface area contributed by atoms with Crippen LogP contribution in [0.4, 0.5) is 0 Å². The van der Waals surface area contributed by atoms with E-state index < -0.39 is 0 Å². The zero-order valence-corrected chi connectivity index (χ0v) is 12.3. The van der Waals surface area contributed by atoms with E-state index in [1.54, 1.807) is 0 Å². The highest BCUT2D eigenvalue weighted by atomic mass is 35.5. The van der Waals surface area contributed by atoms with Gasteiger partial charge in [-0.15, -0.1) is 0 Å². The monoisotopic (exact) mass is 287 g/mol. The van der Waals surface area contributed by atoms with E-state index >= 15 is 0 Å². The van der Waals surface area contributed by atoms with Crippen molar-refractivity contribution in [1.82, 2.24) is 5.32 Å². The third-order valence-corrected chi connectivity index (χ3v) is 3.91. The number of ether oxygens (including phenoxy) is 1. The molecule has 0 spiro atoms. The standard InChI is InChI=1S/C17H18ClNO/c1-19-10-4-7-17-15-11-12(18)8-9-13(15)14-5-2-3-6-16(14)20-17/h2-3,5-6,8-9,11,16,19H,4,7,10H2,1H3. The van der Waals surface area contributed by atoms with Crippen LogP contribution in [-0.4, -0.2) is 19.7 Å². The molecule has 1 aromatic rings. The van der Waals surface area contributed by atoms with Gasteiger partial charge in [-0.05, 0) is 43.4 Å². The Kier molecular flexibility index (Phi) is 3.95. The van der Waals surface area contributed by atoms with Gasteiger partial charge in [0.15, 0.2) is 0 Å². The quantitative estimate of drug-likeness (QED) is 0.857. The van der Waals surface area contributed by atoms with E-state index in [0.717, 1.165) is 35.4 Å². The fourth-order valence-corrected chi connectivity index (χ4v) is 2.88. The van der Waals surface area contributed by atoms with Crippen LogP contribution in [0, 0.1) is 0 Å². The van der Waals surface area contributed by atoms with Crippen molar-refractivity contribution in [1.29, 1.82) is 0 Å². The van der Waals surface area contributed by atoms with E-state index in [1.165, 1.54) is 10.8 Å². The van der Waals surface area contributed by atoms with E-state index in [4.69, 9.17) is 16.3 Å². The molecule has 0 saturated carbocycles. The van der Waals surface area contributed by atoms with Gasteiger partial charge in [-0.3, -0.25) is 0 Å². The van der Waals surface area contributed by atoms with Crippen molar-refractivity contribution in [2.24, 2.45) is 0 Å². The first-order chi connectivity index (χ1) is 9.79. The van der Waals surface area contributed by atoms with Gasteiger partial charge >= 0.3 is 0 Å². The molecule has 2 aliphatic rings. The Bertz CT molecular complexity index is 687. The third kappa shape index (κ3) is 2.54. The van der Waals surface area contributed by atoms with E-state index in [2.05, 4.69) is 29.6 Å². The van der Waals surface area contributed by atoms with E-state index in [0.29, 0.717) is 0 Å². The molecule has 1 heterocycles. The normalized spacial score (nSPS) is 19.6. The van der Waals surface area contributed by atoms with Crippen LogP contribution >= 0.6 is 11.6 Å². The fraction of sp³-hybridized carbons (Fsp3) is 0.294. The van der Waals surface area contributed by atoms with Gasteiger partial charge in [0, 0.05) is 22.2 Å². The van der Waals surface area contributed by atoms with Gasteiger partial charge < -0.3 is 10.1 Å². The summed E-state index contributed by atoms with van der Waals surface area (Å²) in [6, 6.07) is 6.07. The third-order valence-electron chi connectivity index (χ3n) is 3.67. The SMILES string of the molecule is CNCCCC1=c2cc(Cl)ccc2=C2C=CC=CC2O1. The van der Waals surface area contributed by atoms with Crippen LogP contribution in [0.2, 0.25) is 5.02 Å². The number of hydrogen-bond acceptors (Lipinski definition) is 2. The molecule has 20 heavy (non-hydrogen) atoms. The second kappa shape index (κ2) is 5.86. The molecule has 0 fully saturated rings. The molecular formula is C17H18ClNO. The summed E-state index contributed by atoms with van der Waals surface area (Å²) in [4.78, 5) is 0. The Morgan fingerprint density at radius 3 is 3.00 bits per heavy atom. The zero-order valence-electron chi connectivity index (χ0n) is 11.5. The average molecular weight is 288 g/mol. The molecule has 104 valence electrons. The van der Waals surface area contributed by atoms with Crippen LogP contribution in [-0.2, 0) is 4.74 Å². The van der Waals surface area contributed by atoms with Crippen LogP contribution < -0.4 is 15.8 Å². The highest BCUT2D eigenvalue weighted by Crippen LogP contribution is 2.23. The second-order valence-electron chi connectivity index (χ2n) is 5.06. The van der Waals surface area contributed by atoms with Crippen molar-refractivity contribution in [3.63, 3.8) is 0 Å². The number of rotatable bonds is 4. The molecule has 2 nitrogen and oxygen atoms in total. The minimum Gasteiger partial charge on any atom is -0.485 e. The molecule has 1 atom stereocenters. The number of halogens is 1. The van der Waals surface area contributed by atoms with Crippen LogP contribution in [0.5, 0.6) is 0 Å². The maximum atomic E-state index is 6.17. The lowest BCUT2D eigenvalue weighted by Gasteiger charge is -2.25. The summed E-state index contributed by atoms with van der Waals surface area (Å²) in [5.74, 6) is 1.05. The Morgan fingerprint density at radius 1 is 1.25 bits per heavy atom. The van der Waals surface area contributed by atoms with E-state index in [-0.39, 0.29) is 6.10 Å². The van der Waals surface area contributed by atoms with Crippen molar-refractivity contribution >= 4 is 22.9 Å². The molecule has 1 aromatic carbocycles. The molecule has 1 unspecified atom stereocenters. The molecule has 0 saturated heterocycles. The summed E-state index contributed by atoms with van der Waals surface area (Å²) >= 11 is 6.16. The van der Waals surface area contributed by atoms with Crippen molar-refractivity contribution in [2.45, 2.75) is 18.9 Å². The highest BCUT2D eigenvalue weighted by Gasteiger charge is 2.20. The van der Waals surface area contributed by atoms with E-state index in [9.17, 15) is 0 Å². The summed E-state index contributed by atoms with van der Waals surface area (Å²) in [6.45, 7) is 0.986. The first-order valence-corrected chi connectivity index (χ1v) is 7.36. The summed E-state index contributed by atoms with van der Waals surface area (Å²) in [5.41, 5.74) is 1.22. The first kappa shape index (κ1) is 13.5. The van der Waals surface area contributed by atoms with Gasteiger partial charge in [-0.2, -0.15) is 0 Å². The lowest BCUT2D eigenvalue weighted by molar-refractivity contribution is 0.242. The molecule has 0 aromatic heterocycles. The molecule has 1 N–H and O–H groups in total. The van der Waals surface area contributed by atoms with Crippen molar-refractivity contribution in [3.05, 3.63) is 58.0 Å². The molecule has 3 heteroatoms. The predicted molar refractivity (Wildman–Crippen MR) is 83.8 cm³/mol. The molecule has 3 rings (SSSR count).